The fourth-order valence-corrected chi connectivity index (χ4v) is 5.26. The highest BCUT2D eigenvalue weighted by Gasteiger charge is 2.35. The van der Waals surface area contributed by atoms with E-state index in [1.165, 1.54) is 39.4 Å². The maximum Gasteiger partial charge on any atom is 0.417 e. The van der Waals surface area contributed by atoms with Crippen LogP contribution in [0.25, 0.3) is 27.7 Å². The van der Waals surface area contributed by atoms with Crippen molar-refractivity contribution in [3.05, 3.63) is 94.4 Å². The van der Waals surface area contributed by atoms with Crippen LogP contribution in [0.5, 0.6) is 0 Å². The minimum Gasteiger partial charge on any atom is -0.318 e. The van der Waals surface area contributed by atoms with Gasteiger partial charge < -0.3 is 5.32 Å². The van der Waals surface area contributed by atoms with Crippen molar-refractivity contribution in [3.63, 3.8) is 0 Å². The fourth-order valence-electron chi connectivity index (χ4n) is 5.26. The van der Waals surface area contributed by atoms with Crippen LogP contribution < -0.4 is 16.2 Å². The molecule has 0 saturated carbocycles. The molecule has 0 spiro atoms. The molecule has 4 heterocycles. The van der Waals surface area contributed by atoms with E-state index in [1.54, 1.807) is 37.3 Å². The van der Waals surface area contributed by atoms with Crippen LogP contribution in [0, 0.1) is 6.92 Å². The van der Waals surface area contributed by atoms with E-state index in [4.69, 9.17) is 0 Å². The summed E-state index contributed by atoms with van der Waals surface area (Å²) in [6.07, 6.45) is -3.00. The van der Waals surface area contributed by atoms with Gasteiger partial charge >= 0.3 is 6.18 Å². The topological polar surface area (TPSA) is 127 Å². The summed E-state index contributed by atoms with van der Waals surface area (Å²) in [7, 11) is 0. The largest absolute Gasteiger partial charge is 0.417 e. The van der Waals surface area contributed by atoms with E-state index in [0.717, 1.165) is 6.07 Å². The zero-order valence-corrected chi connectivity index (χ0v) is 21.9. The molecule has 1 aliphatic rings. The number of nitrogens with zero attached hydrogens (tertiary/aromatic N) is 4. The van der Waals surface area contributed by atoms with E-state index in [2.05, 4.69) is 20.6 Å². The Hall–Kier alpha value is -5.33. The quantitative estimate of drug-likeness (QED) is 0.309. The highest BCUT2D eigenvalue weighted by atomic mass is 19.4. The Labute approximate surface area is 234 Å². The molecule has 3 amide bonds. The van der Waals surface area contributed by atoms with Gasteiger partial charge in [0.2, 0.25) is 17.6 Å². The van der Waals surface area contributed by atoms with Crippen LogP contribution in [0.15, 0.2) is 71.7 Å². The zero-order chi connectivity index (χ0) is 29.8. The van der Waals surface area contributed by atoms with Gasteiger partial charge in [-0.2, -0.15) is 13.2 Å². The Morgan fingerprint density at radius 3 is 2.52 bits per heavy atom. The van der Waals surface area contributed by atoms with E-state index >= 15 is 0 Å². The lowest BCUT2D eigenvalue weighted by atomic mass is 10.0. The van der Waals surface area contributed by atoms with Crippen molar-refractivity contribution < 1.29 is 27.6 Å². The first kappa shape index (κ1) is 26.9. The summed E-state index contributed by atoms with van der Waals surface area (Å²) >= 11 is 0. The molecule has 2 N–H and O–H groups in total. The number of carbonyl (C=O) groups excluding carboxylic acids is 3. The summed E-state index contributed by atoms with van der Waals surface area (Å²) in [5.41, 5.74) is -1.13. The molecule has 1 atom stereocenters. The lowest BCUT2D eigenvalue weighted by Gasteiger charge is -2.24. The molecular weight excluding hydrogens is 553 g/mol. The molecule has 1 fully saturated rings. The normalized spacial score (nSPS) is 15.7. The Bertz CT molecular complexity index is 2000. The molecule has 13 heteroatoms. The van der Waals surface area contributed by atoms with Gasteiger partial charge in [-0.3, -0.25) is 33.5 Å². The van der Waals surface area contributed by atoms with Crippen LogP contribution >= 0.6 is 0 Å². The van der Waals surface area contributed by atoms with E-state index in [0.29, 0.717) is 0 Å². The molecule has 1 saturated heterocycles. The van der Waals surface area contributed by atoms with Crippen LogP contribution in [-0.4, -0.2) is 36.7 Å². The number of carbonyl (C=O) groups is 3. The number of imidazole rings is 1. The van der Waals surface area contributed by atoms with Gasteiger partial charge in [-0.25, -0.2) is 9.97 Å². The van der Waals surface area contributed by atoms with Crippen LogP contribution in [0.3, 0.4) is 0 Å². The van der Waals surface area contributed by atoms with Gasteiger partial charge in [-0.1, -0.05) is 30.3 Å². The number of pyridine rings is 1. The molecule has 6 rings (SSSR count). The highest BCUT2D eigenvalue weighted by molar-refractivity contribution is 6.08. The number of halogens is 3. The maximum atomic E-state index is 13.8. The summed E-state index contributed by atoms with van der Waals surface area (Å²) < 4.78 is 44.0. The Kier molecular flexibility index (Phi) is 6.36. The number of alkyl halides is 3. The first-order chi connectivity index (χ1) is 20.0. The minimum absolute atomic E-state index is 0.0182. The average Bonchev–Trinajstić information content (AvgIpc) is 3.33. The summed E-state index contributed by atoms with van der Waals surface area (Å²) in [5.74, 6) is -1.81. The molecule has 42 heavy (non-hydrogen) atoms. The molecule has 2 aromatic carbocycles. The van der Waals surface area contributed by atoms with E-state index < -0.39 is 41.1 Å². The Balaban J connectivity index is 1.45. The molecule has 3 aromatic heterocycles. The van der Waals surface area contributed by atoms with Crippen molar-refractivity contribution in [3.8, 4) is 11.3 Å². The zero-order valence-electron chi connectivity index (χ0n) is 21.9. The standard InChI is InChI=1S/C29H21F3N6O4/c1-15-33-18-9-6-10-19(23(18)28(42)38(15)21-12-13-22(39)35-26(21)40)34-27(41)25-36-24(20-11-4-5-14-37(20)25)16-7-2-3-8-17(16)29(30,31)32/h2-11,14,21H,12-13H2,1H3,(H,34,41)(H,35,39,40). The molecule has 0 aliphatic carbocycles. The SMILES string of the molecule is Cc1nc2cccc(NC(=O)c3nc(-c4ccccc4C(F)(F)F)c4ccccn34)c2c(=O)n1C1CCC(=O)NC1=O. The van der Waals surface area contributed by atoms with Gasteiger partial charge in [-0.15, -0.1) is 0 Å². The first-order valence-electron chi connectivity index (χ1n) is 12.8. The van der Waals surface area contributed by atoms with Crippen LogP contribution in [0.2, 0.25) is 0 Å². The molecule has 10 nitrogen and oxygen atoms in total. The number of imide groups is 1. The molecule has 0 bridgehead atoms. The predicted molar refractivity (Wildman–Crippen MR) is 146 cm³/mol. The first-order valence-corrected chi connectivity index (χ1v) is 12.8. The van der Waals surface area contributed by atoms with Gasteiger partial charge in [0.1, 0.15) is 11.9 Å². The van der Waals surface area contributed by atoms with Crippen molar-refractivity contribution in [2.45, 2.75) is 32.0 Å². The number of piperidine rings is 1. The van der Waals surface area contributed by atoms with Crippen LogP contribution in [-0.2, 0) is 15.8 Å². The van der Waals surface area contributed by atoms with Crippen molar-refractivity contribution in [2.75, 3.05) is 5.32 Å². The van der Waals surface area contributed by atoms with Crippen LogP contribution in [0.1, 0.15) is 40.9 Å². The molecule has 5 aromatic rings. The summed E-state index contributed by atoms with van der Waals surface area (Å²) in [6.45, 7) is 1.56. The number of benzene rings is 2. The number of hydrogen-bond donors (Lipinski definition) is 2. The third-order valence-electron chi connectivity index (χ3n) is 7.12. The number of fused-ring (bicyclic) bond motifs is 2. The number of anilines is 1. The third kappa shape index (κ3) is 4.48. The van der Waals surface area contributed by atoms with Gasteiger partial charge in [0.15, 0.2) is 0 Å². The Morgan fingerprint density at radius 1 is 1.00 bits per heavy atom. The van der Waals surface area contributed by atoms with E-state index in [1.807, 2.05) is 0 Å². The smallest absolute Gasteiger partial charge is 0.318 e. The predicted octanol–water partition coefficient (Wildman–Crippen LogP) is 4.27. The fraction of sp³-hybridized carbons (Fsp3) is 0.172. The number of rotatable bonds is 4. The lowest BCUT2D eigenvalue weighted by Crippen LogP contribution is -2.45. The van der Waals surface area contributed by atoms with Crippen molar-refractivity contribution in [1.29, 1.82) is 0 Å². The van der Waals surface area contributed by atoms with Crippen molar-refractivity contribution in [2.24, 2.45) is 0 Å². The van der Waals surface area contributed by atoms with E-state index in [-0.39, 0.29) is 57.9 Å². The molecule has 212 valence electrons. The maximum absolute atomic E-state index is 13.8. The molecule has 1 aliphatic heterocycles. The monoisotopic (exact) mass is 574 g/mol. The van der Waals surface area contributed by atoms with Gasteiger partial charge in [0.05, 0.1) is 33.4 Å². The third-order valence-corrected chi connectivity index (χ3v) is 7.12. The number of nitrogens with one attached hydrogen (secondary N) is 2. The minimum atomic E-state index is -4.65. The average molecular weight is 575 g/mol. The number of aromatic nitrogens is 4. The summed E-state index contributed by atoms with van der Waals surface area (Å²) in [5, 5.41) is 4.91. The lowest BCUT2D eigenvalue weighted by molar-refractivity contribution is -0.137. The van der Waals surface area contributed by atoms with Gasteiger partial charge in [0, 0.05) is 18.2 Å². The summed E-state index contributed by atoms with van der Waals surface area (Å²) in [4.78, 5) is 60.3. The molecular formula is C29H21F3N6O4. The number of amides is 3. The molecule has 0 radical (unpaired) electrons. The van der Waals surface area contributed by atoms with Crippen LogP contribution in [0.4, 0.5) is 18.9 Å². The highest BCUT2D eigenvalue weighted by Crippen LogP contribution is 2.38. The van der Waals surface area contributed by atoms with Crippen molar-refractivity contribution in [1.82, 2.24) is 24.3 Å². The van der Waals surface area contributed by atoms with Crippen molar-refractivity contribution >= 4 is 39.8 Å². The van der Waals surface area contributed by atoms with Gasteiger partial charge in [-0.05, 0) is 43.7 Å². The molecule has 1 unspecified atom stereocenters. The Morgan fingerprint density at radius 2 is 1.76 bits per heavy atom. The summed E-state index contributed by atoms with van der Waals surface area (Å²) in [6, 6.07) is 13.4. The second-order valence-corrected chi connectivity index (χ2v) is 9.74. The second kappa shape index (κ2) is 9.94. The van der Waals surface area contributed by atoms with Gasteiger partial charge in [0.25, 0.3) is 11.5 Å². The number of aryl methyl sites for hydroxylation is 1. The van der Waals surface area contributed by atoms with E-state index in [9.17, 15) is 32.3 Å². The second-order valence-electron chi connectivity index (χ2n) is 9.74. The number of hydrogen-bond acceptors (Lipinski definition) is 6.